The van der Waals surface area contributed by atoms with Gasteiger partial charge in [-0.3, -0.25) is 0 Å². The summed E-state index contributed by atoms with van der Waals surface area (Å²) in [7, 11) is 0. The first-order valence-corrected chi connectivity index (χ1v) is 5.09. The molecule has 3 rings (SSSR count). The Morgan fingerprint density at radius 3 is 3.00 bits per heavy atom. The first-order valence-electron chi connectivity index (χ1n) is 5.09. The summed E-state index contributed by atoms with van der Waals surface area (Å²) in [6.45, 7) is 2.17. The Hall–Kier alpha value is -1.35. The lowest BCUT2D eigenvalue weighted by molar-refractivity contribution is 0.717. The van der Waals surface area contributed by atoms with E-state index >= 15 is 0 Å². The summed E-state index contributed by atoms with van der Waals surface area (Å²) in [4.78, 5) is 7.99. The largest absolute Gasteiger partial charge is 0.342 e. The van der Waals surface area contributed by atoms with Gasteiger partial charge in [0.15, 0.2) is 0 Å². The van der Waals surface area contributed by atoms with Crippen molar-refractivity contribution in [1.82, 2.24) is 15.3 Å². The van der Waals surface area contributed by atoms with E-state index in [4.69, 9.17) is 0 Å². The van der Waals surface area contributed by atoms with Crippen LogP contribution in [0.3, 0.4) is 0 Å². The highest BCUT2D eigenvalue weighted by molar-refractivity contribution is 5.74. The maximum Gasteiger partial charge on any atom is 0.111 e. The number of aromatic amines is 1. The molecule has 0 spiro atoms. The summed E-state index contributed by atoms with van der Waals surface area (Å²) in [6.07, 6.45) is 1.19. The van der Waals surface area contributed by atoms with Crippen LogP contribution in [0.2, 0.25) is 0 Å². The van der Waals surface area contributed by atoms with Crippen LogP contribution in [-0.4, -0.2) is 23.1 Å². The summed E-state index contributed by atoms with van der Waals surface area (Å²) in [6, 6.07) is 8.20. The van der Waals surface area contributed by atoms with Crippen LogP contribution in [0.15, 0.2) is 24.3 Å². The second kappa shape index (κ2) is 3.10. The fourth-order valence-electron chi connectivity index (χ4n) is 2.05. The molecule has 3 nitrogen and oxygen atoms in total. The van der Waals surface area contributed by atoms with Crippen molar-refractivity contribution >= 4 is 11.0 Å². The lowest BCUT2D eigenvalue weighted by atomic mass is 10.1. The highest BCUT2D eigenvalue weighted by Gasteiger charge is 2.19. The molecule has 2 heterocycles. The number of nitrogens with one attached hydrogen (secondary N) is 2. The Morgan fingerprint density at radius 2 is 2.21 bits per heavy atom. The van der Waals surface area contributed by atoms with Gasteiger partial charge in [-0.1, -0.05) is 12.1 Å². The first kappa shape index (κ1) is 8.00. The number of fused-ring (bicyclic) bond motifs is 1. The molecule has 2 N–H and O–H groups in total. The Balaban J connectivity index is 2.05. The van der Waals surface area contributed by atoms with Gasteiger partial charge in [-0.2, -0.15) is 0 Å². The summed E-state index contributed by atoms with van der Waals surface area (Å²) in [5.41, 5.74) is 2.23. The molecule has 2 aromatic rings. The zero-order chi connectivity index (χ0) is 9.38. The van der Waals surface area contributed by atoms with Crippen LogP contribution < -0.4 is 5.32 Å². The molecule has 3 heteroatoms. The Labute approximate surface area is 82.5 Å². The molecule has 1 aliphatic rings. The third kappa shape index (κ3) is 1.21. The number of rotatable bonds is 1. The smallest absolute Gasteiger partial charge is 0.111 e. The number of hydrogen-bond donors (Lipinski definition) is 2. The second-order valence-corrected chi connectivity index (χ2v) is 3.83. The van der Waals surface area contributed by atoms with Crippen molar-refractivity contribution in [1.29, 1.82) is 0 Å². The van der Waals surface area contributed by atoms with Crippen molar-refractivity contribution in [2.75, 3.05) is 13.1 Å². The summed E-state index contributed by atoms with van der Waals surface area (Å²) in [5, 5.41) is 3.36. The SMILES string of the molecule is c1ccc2[nH]c([C@@H]3CCNC3)nc2c1. The van der Waals surface area contributed by atoms with Crippen molar-refractivity contribution in [3.05, 3.63) is 30.1 Å². The van der Waals surface area contributed by atoms with E-state index in [9.17, 15) is 0 Å². The van der Waals surface area contributed by atoms with Gasteiger partial charge in [0.05, 0.1) is 11.0 Å². The van der Waals surface area contributed by atoms with Crippen LogP contribution >= 0.6 is 0 Å². The van der Waals surface area contributed by atoms with E-state index in [2.05, 4.69) is 27.4 Å². The standard InChI is InChI=1S/C11H13N3/c1-2-4-10-9(3-1)13-11(14-10)8-5-6-12-7-8/h1-4,8,12H,5-7H2,(H,13,14)/t8-/m1/s1. The van der Waals surface area contributed by atoms with Crippen LogP contribution in [0, 0.1) is 0 Å². The molecular formula is C11H13N3. The predicted octanol–water partition coefficient (Wildman–Crippen LogP) is 1.64. The van der Waals surface area contributed by atoms with E-state index in [1.54, 1.807) is 0 Å². The molecule has 1 aliphatic heterocycles. The molecule has 0 amide bonds. The van der Waals surface area contributed by atoms with Gasteiger partial charge < -0.3 is 10.3 Å². The molecule has 0 aliphatic carbocycles. The highest BCUT2D eigenvalue weighted by Crippen LogP contribution is 2.22. The third-order valence-electron chi connectivity index (χ3n) is 2.85. The highest BCUT2D eigenvalue weighted by atomic mass is 15.0. The van der Waals surface area contributed by atoms with Gasteiger partial charge in [0, 0.05) is 12.5 Å². The number of aromatic nitrogens is 2. The fourth-order valence-corrected chi connectivity index (χ4v) is 2.05. The molecule has 0 unspecified atom stereocenters. The molecule has 1 saturated heterocycles. The quantitative estimate of drug-likeness (QED) is 0.712. The van der Waals surface area contributed by atoms with Crippen molar-refractivity contribution in [3.8, 4) is 0 Å². The molecule has 72 valence electrons. The monoisotopic (exact) mass is 187 g/mol. The van der Waals surface area contributed by atoms with Gasteiger partial charge in [0.1, 0.15) is 5.82 Å². The van der Waals surface area contributed by atoms with Crippen LogP contribution in [0.4, 0.5) is 0 Å². The zero-order valence-corrected chi connectivity index (χ0v) is 7.96. The third-order valence-corrected chi connectivity index (χ3v) is 2.85. The molecule has 0 saturated carbocycles. The number of para-hydroxylation sites is 2. The molecule has 1 aromatic heterocycles. The molecule has 0 bridgehead atoms. The maximum absolute atomic E-state index is 4.60. The van der Waals surface area contributed by atoms with Gasteiger partial charge in [-0.15, -0.1) is 0 Å². The van der Waals surface area contributed by atoms with Crippen LogP contribution in [-0.2, 0) is 0 Å². The van der Waals surface area contributed by atoms with Gasteiger partial charge in [0.2, 0.25) is 0 Å². The van der Waals surface area contributed by atoms with Gasteiger partial charge in [0.25, 0.3) is 0 Å². The molecule has 0 radical (unpaired) electrons. The van der Waals surface area contributed by atoms with Crippen molar-refractivity contribution < 1.29 is 0 Å². The van der Waals surface area contributed by atoms with Crippen molar-refractivity contribution in [2.24, 2.45) is 0 Å². The topological polar surface area (TPSA) is 40.7 Å². The number of hydrogen-bond acceptors (Lipinski definition) is 2. The number of nitrogens with zero attached hydrogens (tertiary/aromatic N) is 1. The van der Waals surface area contributed by atoms with E-state index in [0.717, 1.165) is 29.9 Å². The summed E-state index contributed by atoms with van der Waals surface area (Å²) >= 11 is 0. The summed E-state index contributed by atoms with van der Waals surface area (Å²) < 4.78 is 0. The van der Waals surface area contributed by atoms with E-state index in [1.165, 1.54) is 6.42 Å². The molecule has 1 aromatic carbocycles. The van der Waals surface area contributed by atoms with E-state index in [1.807, 2.05) is 12.1 Å². The molecule has 1 fully saturated rings. The average Bonchev–Trinajstić information content (AvgIpc) is 2.86. The van der Waals surface area contributed by atoms with Gasteiger partial charge in [-0.25, -0.2) is 4.98 Å². The van der Waals surface area contributed by atoms with Crippen molar-refractivity contribution in [3.63, 3.8) is 0 Å². The van der Waals surface area contributed by atoms with Crippen LogP contribution in [0.1, 0.15) is 18.2 Å². The molecule has 14 heavy (non-hydrogen) atoms. The van der Waals surface area contributed by atoms with E-state index in [0.29, 0.717) is 5.92 Å². The average molecular weight is 187 g/mol. The first-order chi connectivity index (χ1) is 6.93. The Bertz CT molecular complexity index is 407. The van der Waals surface area contributed by atoms with Gasteiger partial charge >= 0.3 is 0 Å². The second-order valence-electron chi connectivity index (χ2n) is 3.83. The predicted molar refractivity (Wildman–Crippen MR) is 56.3 cm³/mol. The number of H-pyrrole nitrogens is 1. The normalized spacial score (nSPS) is 21.9. The molecular weight excluding hydrogens is 174 g/mol. The minimum absolute atomic E-state index is 0.572. The Kier molecular flexibility index (Phi) is 1.77. The molecule has 1 atom stereocenters. The minimum Gasteiger partial charge on any atom is -0.342 e. The fraction of sp³-hybridized carbons (Fsp3) is 0.364. The zero-order valence-electron chi connectivity index (χ0n) is 7.96. The van der Waals surface area contributed by atoms with Crippen LogP contribution in [0.25, 0.3) is 11.0 Å². The maximum atomic E-state index is 4.60. The number of imidazole rings is 1. The lowest BCUT2D eigenvalue weighted by Crippen LogP contribution is -2.08. The minimum atomic E-state index is 0.572. The van der Waals surface area contributed by atoms with Gasteiger partial charge in [-0.05, 0) is 25.1 Å². The summed E-state index contributed by atoms with van der Waals surface area (Å²) in [5.74, 6) is 1.71. The Morgan fingerprint density at radius 1 is 1.29 bits per heavy atom. The lowest BCUT2D eigenvalue weighted by Gasteiger charge is -2.01. The number of benzene rings is 1. The van der Waals surface area contributed by atoms with Crippen molar-refractivity contribution in [2.45, 2.75) is 12.3 Å². The van der Waals surface area contributed by atoms with Crippen LogP contribution in [0.5, 0.6) is 0 Å². The van der Waals surface area contributed by atoms with E-state index < -0.39 is 0 Å². The van der Waals surface area contributed by atoms with E-state index in [-0.39, 0.29) is 0 Å².